The molecule has 3 nitrogen and oxygen atoms in total. The molecule has 122 valence electrons. The quantitative estimate of drug-likeness (QED) is 0.929. The van der Waals surface area contributed by atoms with Gasteiger partial charge in [-0.15, -0.1) is 0 Å². The first-order chi connectivity index (χ1) is 10.4. The first kappa shape index (κ1) is 16.8. The molecular formula is C16H21F3N2O. The Morgan fingerprint density at radius 2 is 1.95 bits per heavy atom. The highest BCUT2D eigenvalue weighted by Crippen LogP contribution is 2.29. The largest absolute Gasteiger partial charge is 0.416 e. The number of likely N-dealkylation sites (tertiary alicyclic amines) is 1. The van der Waals surface area contributed by atoms with Crippen molar-refractivity contribution in [1.29, 1.82) is 0 Å². The van der Waals surface area contributed by atoms with E-state index in [0.29, 0.717) is 24.6 Å². The number of rotatable bonds is 4. The number of carbonyl (C=O) groups excluding carboxylic acids is 1. The van der Waals surface area contributed by atoms with Gasteiger partial charge in [0.05, 0.1) is 12.0 Å². The second-order valence-corrected chi connectivity index (χ2v) is 5.80. The third-order valence-corrected chi connectivity index (χ3v) is 4.08. The van der Waals surface area contributed by atoms with Gasteiger partial charge in [-0.2, -0.15) is 13.2 Å². The molecule has 0 aliphatic carbocycles. The number of halogens is 3. The van der Waals surface area contributed by atoms with E-state index in [9.17, 15) is 18.0 Å². The standard InChI is InChI=1S/C16H21F3N2O/c17-16(18,19)14-5-3-12(4-6-14)10-15(22)21-9-1-2-13(11-21)7-8-20/h3-6,13H,1-2,7-11,20H2. The Hall–Kier alpha value is -1.56. The molecule has 0 spiro atoms. The van der Waals surface area contributed by atoms with Crippen LogP contribution < -0.4 is 5.73 Å². The van der Waals surface area contributed by atoms with E-state index in [4.69, 9.17) is 5.73 Å². The molecule has 0 bridgehead atoms. The van der Waals surface area contributed by atoms with Crippen molar-refractivity contribution in [3.63, 3.8) is 0 Å². The molecule has 0 radical (unpaired) electrons. The monoisotopic (exact) mass is 314 g/mol. The third kappa shape index (κ3) is 4.47. The Balaban J connectivity index is 1.94. The molecule has 1 aliphatic rings. The summed E-state index contributed by atoms with van der Waals surface area (Å²) in [5, 5.41) is 0. The van der Waals surface area contributed by atoms with Gasteiger partial charge in [0.25, 0.3) is 0 Å². The average molecular weight is 314 g/mol. The lowest BCUT2D eigenvalue weighted by molar-refractivity contribution is -0.137. The minimum Gasteiger partial charge on any atom is -0.342 e. The molecular weight excluding hydrogens is 293 g/mol. The Labute approximate surface area is 128 Å². The molecule has 1 fully saturated rings. The summed E-state index contributed by atoms with van der Waals surface area (Å²) in [5.41, 5.74) is 5.48. The summed E-state index contributed by atoms with van der Waals surface area (Å²) in [5.74, 6) is 0.414. The zero-order valence-corrected chi connectivity index (χ0v) is 12.4. The van der Waals surface area contributed by atoms with E-state index in [0.717, 1.165) is 37.9 Å². The highest BCUT2D eigenvalue weighted by molar-refractivity contribution is 5.78. The summed E-state index contributed by atoms with van der Waals surface area (Å²) < 4.78 is 37.5. The van der Waals surface area contributed by atoms with Gasteiger partial charge in [-0.05, 0) is 49.4 Å². The molecule has 6 heteroatoms. The third-order valence-electron chi connectivity index (χ3n) is 4.08. The maximum atomic E-state index is 12.5. The molecule has 1 unspecified atom stereocenters. The summed E-state index contributed by atoms with van der Waals surface area (Å²) >= 11 is 0. The molecule has 2 N–H and O–H groups in total. The number of nitrogens with two attached hydrogens (primary N) is 1. The average Bonchev–Trinajstić information content (AvgIpc) is 2.47. The predicted octanol–water partition coefficient (Wildman–Crippen LogP) is 2.84. The summed E-state index contributed by atoms with van der Waals surface area (Å²) in [6.45, 7) is 2.04. The van der Waals surface area contributed by atoms with Crippen molar-refractivity contribution in [3.05, 3.63) is 35.4 Å². The van der Waals surface area contributed by atoms with Gasteiger partial charge in [0, 0.05) is 13.1 Å². The zero-order valence-electron chi connectivity index (χ0n) is 12.4. The van der Waals surface area contributed by atoms with Crippen molar-refractivity contribution in [2.45, 2.75) is 31.9 Å². The highest BCUT2D eigenvalue weighted by atomic mass is 19.4. The minimum atomic E-state index is -4.34. The smallest absolute Gasteiger partial charge is 0.342 e. The van der Waals surface area contributed by atoms with Crippen LogP contribution in [0, 0.1) is 5.92 Å². The molecule has 1 aromatic carbocycles. The van der Waals surface area contributed by atoms with Crippen molar-refractivity contribution in [2.75, 3.05) is 19.6 Å². The molecule has 1 amide bonds. The SMILES string of the molecule is NCCC1CCCN(C(=O)Cc2ccc(C(F)(F)F)cc2)C1. The van der Waals surface area contributed by atoms with Crippen molar-refractivity contribution < 1.29 is 18.0 Å². The van der Waals surface area contributed by atoms with Crippen LogP contribution in [0.2, 0.25) is 0 Å². The van der Waals surface area contributed by atoms with Crippen LogP contribution >= 0.6 is 0 Å². The van der Waals surface area contributed by atoms with Crippen molar-refractivity contribution in [1.82, 2.24) is 4.90 Å². The van der Waals surface area contributed by atoms with Gasteiger partial charge in [0.2, 0.25) is 5.91 Å². The van der Waals surface area contributed by atoms with E-state index >= 15 is 0 Å². The van der Waals surface area contributed by atoms with Gasteiger partial charge >= 0.3 is 6.18 Å². The van der Waals surface area contributed by atoms with Crippen LogP contribution in [0.3, 0.4) is 0 Å². The Bertz CT molecular complexity index is 497. The molecule has 2 rings (SSSR count). The molecule has 0 aromatic heterocycles. The van der Waals surface area contributed by atoms with Crippen molar-refractivity contribution >= 4 is 5.91 Å². The molecule has 1 aromatic rings. The normalized spacial score (nSPS) is 19.3. The van der Waals surface area contributed by atoms with Gasteiger partial charge in [0.15, 0.2) is 0 Å². The van der Waals surface area contributed by atoms with Gasteiger partial charge in [-0.3, -0.25) is 4.79 Å². The van der Waals surface area contributed by atoms with Gasteiger partial charge in [-0.25, -0.2) is 0 Å². The molecule has 0 saturated carbocycles. The van der Waals surface area contributed by atoms with Gasteiger partial charge in [0.1, 0.15) is 0 Å². The highest BCUT2D eigenvalue weighted by Gasteiger charge is 2.30. The summed E-state index contributed by atoms with van der Waals surface area (Å²) in [6.07, 6.45) is -1.24. The number of nitrogens with zero attached hydrogens (tertiary/aromatic N) is 1. The fourth-order valence-corrected chi connectivity index (χ4v) is 2.86. The number of carbonyl (C=O) groups is 1. The Morgan fingerprint density at radius 3 is 2.55 bits per heavy atom. The van der Waals surface area contributed by atoms with Crippen LogP contribution in [0.25, 0.3) is 0 Å². The maximum absolute atomic E-state index is 12.5. The van der Waals surface area contributed by atoms with Crippen LogP contribution in [0.4, 0.5) is 13.2 Å². The number of amides is 1. The van der Waals surface area contributed by atoms with Crippen LogP contribution in [0.5, 0.6) is 0 Å². The molecule has 22 heavy (non-hydrogen) atoms. The lowest BCUT2D eigenvalue weighted by Gasteiger charge is -2.32. The lowest BCUT2D eigenvalue weighted by Crippen LogP contribution is -2.41. The van der Waals surface area contributed by atoms with E-state index in [1.54, 1.807) is 0 Å². The topological polar surface area (TPSA) is 46.3 Å². The lowest BCUT2D eigenvalue weighted by atomic mass is 9.94. The molecule has 1 heterocycles. The summed E-state index contributed by atoms with van der Waals surface area (Å²) in [4.78, 5) is 14.1. The van der Waals surface area contributed by atoms with E-state index in [-0.39, 0.29) is 12.3 Å². The summed E-state index contributed by atoms with van der Waals surface area (Å²) in [6, 6.07) is 4.80. The number of benzene rings is 1. The van der Waals surface area contributed by atoms with Crippen LogP contribution in [-0.2, 0) is 17.4 Å². The number of hydrogen-bond donors (Lipinski definition) is 1. The fraction of sp³-hybridized carbons (Fsp3) is 0.562. The second-order valence-electron chi connectivity index (χ2n) is 5.80. The first-order valence-corrected chi connectivity index (χ1v) is 7.54. The fourth-order valence-electron chi connectivity index (χ4n) is 2.86. The van der Waals surface area contributed by atoms with E-state index in [2.05, 4.69) is 0 Å². The van der Waals surface area contributed by atoms with Gasteiger partial charge in [-0.1, -0.05) is 12.1 Å². The van der Waals surface area contributed by atoms with E-state index in [1.807, 2.05) is 4.90 Å². The van der Waals surface area contributed by atoms with Crippen molar-refractivity contribution in [2.24, 2.45) is 11.7 Å². The summed E-state index contributed by atoms with van der Waals surface area (Å²) in [7, 11) is 0. The number of hydrogen-bond acceptors (Lipinski definition) is 2. The van der Waals surface area contributed by atoms with E-state index in [1.165, 1.54) is 12.1 Å². The first-order valence-electron chi connectivity index (χ1n) is 7.54. The van der Waals surface area contributed by atoms with E-state index < -0.39 is 11.7 Å². The Kier molecular flexibility index (Phi) is 5.45. The molecule has 1 aliphatic heterocycles. The predicted molar refractivity (Wildman–Crippen MR) is 78.1 cm³/mol. The van der Waals surface area contributed by atoms with Crippen molar-refractivity contribution in [3.8, 4) is 0 Å². The number of piperidine rings is 1. The number of alkyl halides is 3. The van der Waals surface area contributed by atoms with Crippen LogP contribution in [-0.4, -0.2) is 30.4 Å². The zero-order chi connectivity index (χ0) is 16.2. The minimum absolute atomic E-state index is 0.0264. The molecule has 1 atom stereocenters. The second kappa shape index (κ2) is 7.13. The Morgan fingerprint density at radius 1 is 1.27 bits per heavy atom. The van der Waals surface area contributed by atoms with Crippen LogP contribution in [0.15, 0.2) is 24.3 Å². The van der Waals surface area contributed by atoms with Gasteiger partial charge < -0.3 is 10.6 Å². The molecule has 1 saturated heterocycles. The van der Waals surface area contributed by atoms with Crippen LogP contribution in [0.1, 0.15) is 30.4 Å². The maximum Gasteiger partial charge on any atom is 0.416 e.